The van der Waals surface area contributed by atoms with Gasteiger partial charge in [-0.15, -0.1) is 0 Å². The van der Waals surface area contributed by atoms with E-state index < -0.39 is 5.97 Å². The molecule has 0 amide bonds. The summed E-state index contributed by atoms with van der Waals surface area (Å²) in [7, 11) is 1.86. The first kappa shape index (κ1) is 11.1. The Balaban J connectivity index is 2.96. The quantitative estimate of drug-likeness (QED) is 0.387. The van der Waals surface area contributed by atoms with E-state index in [0.717, 1.165) is 0 Å². The first-order valence-electron chi connectivity index (χ1n) is 4.59. The number of nitriles is 1. The smallest absolute Gasteiger partial charge is 0.349 e. The summed E-state index contributed by atoms with van der Waals surface area (Å²) in [6.45, 7) is 1.97. The monoisotopic (exact) mass is 204 g/mol. The molecule has 1 rings (SSSR count). The minimum absolute atomic E-state index is 0.0393. The van der Waals surface area contributed by atoms with Gasteiger partial charge in [0.25, 0.3) is 0 Å². The van der Waals surface area contributed by atoms with Gasteiger partial charge in [-0.25, -0.2) is 4.79 Å². The predicted molar refractivity (Wildman–Crippen MR) is 55.3 cm³/mol. The van der Waals surface area contributed by atoms with E-state index in [1.54, 1.807) is 31.5 Å². The summed E-state index contributed by atoms with van der Waals surface area (Å²) in [4.78, 5) is 13.2. The Morgan fingerprint density at radius 3 is 2.60 bits per heavy atom. The maximum atomic E-state index is 11.4. The molecule has 0 N–H and O–H groups in total. The molecule has 1 aliphatic rings. The number of carbonyl (C=O) groups excluding carboxylic acids is 1. The third-order valence-corrected chi connectivity index (χ3v) is 1.86. The molecule has 0 saturated heterocycles. The number of ether oxygens (including phenoxy) is 1. The van der Waals surface area contributed by atoms with Crippen molar-refractivity contribution in [2.24, 2.45) is 0 Å². The zero-order chi connectivity index (χ0) is 11.3. The highest BCUT2D eigenvalue weighted by molar-refractivity contribution is 5.94. The highest BCUT2D eigenvalue weighted by atomic mass is 16.5. The third kappa shape index (κ3) is 2.71. The van der Waals surface area contributed by atoms with Gasteiger partial charge in [-0.05, 0) is 19.1 Å². The van der Waals surface area contributed by atoms with Crippen LogP contribution in [0.4, 0.5) is 0 Å². The number of carbonyl (C=O) groups is 1. The van der Waals surface area contributed by atoms with Crippen LogP contribution in [0.15, 0.2) is 35.7 Å². The minimum Gasteiger partial charge on any atom is -0.462 e. The van der Waals surface area contributed by atoms with Gasteiger partial charge >= 0.3 is 5.97 Å². The van der Waals surface area contributed by atoms with Crippen molar-refractivity contribution in [1.29, 1.82) is 5.26 Å². The zero-order valence-electron chi connectivity index (χ0n) is 8.73. The van der Waals surface area contributed by atoms with Crippen LogP contribution in [-0.2, 0) is 9.53 Å². The first-order chi connectivity index (χ1) is 7.19. The van der Waals surface area contributed by atoms with Crippen LogP contribution in [0.5, 0.6) is 0 Å². The summed E-state index contributed by atoms with van der Waals surface area (Å²) in [6, 6.07) is 1.86. The van der Waals surface area contributed by atoms with E-state index in [9.17, 15) is 4.79 Å². The van der Waals surface area contributed by atoms with Crippen LogP contribution in [0.3, 0.4) is 0 Å². The molecule has 0 aromatic heterocycles. The maximum absolute atomic E-state index is 11.4. The van der Waals surface area contributed by atoms with Crippen LogP contribution in [-0.4, -0.2) is 24.5 Å². The largest absolute Gasteiger partial charge is 0.462 e. The van der Waals surface area contributed by atoms with Gasteiger partial charge in [0, 0.05) is 25.0 Å². The Labute approximate surface area is 88.7 Å². The molecule has 0 aromatic rings. The Morgan fingerprint density at radius 1 is 1.53 bits per heavy atom. The Bertz CT molecular complexity index is 370. The van der Waals surface area contributed by atoms with Crippen molar-refractivity contribution in [3.8, 4) is 6.07 Å². The second-order valence-corrected chi connectivity index (χ2v) is 2.96. The van der Waals surface area contributed by atoms with Crippen molar-refractivity contribution >= 4 is 5.97 Å². The molecule has 0 radical (unpaired) electrons. The Hall–Kier alpha value is -2.02. The molecule has 0 atom stereocenters. The Kier molecular flexibility index (Phi) is 3.69. The summed E-state index contributed by atoms with van der Waals surface area (Å²) in [6.07, 6.45) is 6.95. The summed E-state index contributed by atoms with van der Waals surface area (Å²) < 4.78 is 4.77. The average molecular weight is 204 g/mol. The van der Waals surface area contributed by atoms with Gasteiger partial charge in [0.15, 0.2) is 0 Å². The number of nitrogens with zero attached hydrogens (tertiary/aromatic N) is 2. The van der Waals surface area contributed by atoms with Crippen molar-refractivity contribution in [3.63, 3.8) is 0 Å². The molecule has 0 unspecified atom stereocenters. The molecule has 0 aliphatic carbocycles. The number of rotatable bonds is 2. The normalized spacial score (nSPS) is 13.7. The molecule has 0 spiro atoms. The molecule has 0 fully saturated rings. The molecule has 1 heterocycles. The fourth-order valence-corrected chi connectivity index (χ4v) is 1.10. The number of hydrogen-bond acceptors (Lipinski definition) is 4. The van der Waals surface area contributed by atoms with Crippen LogP contribution >= 0.6 is 0 Å². The predicted octanol–water partition coefficient (Wildman–Crippen LogP) is 1.34. The van der Waals surface area contributed by atoms with Gasteiger partial charge in [-0.2, -0.15) is 5.26 Å². The lowest BCUT2D eigenvalue weighted by Gasteiger charge is -2.12. The fourth-order valence-electron chi connectivity index (χ4n) is 1.10. The Morgan fingerprint density at radius 2 is 2.13 bits per heavy atom. The summed E-state index contributed by atoms with van der Waals surface area (Å²) in [5, 5.41) is 8.85. The van der Waals surface area contributed by atoms with Gasteiger partial charge in [-0.1, -0.05) is 0 Å². The van der Waals surface area contributed by atoms with E-state index in [1.807, 2.05) is 18.0 Å². The lowest BCUT2D eigenvalue weighted by molar-refractivity contribution is -0.138. The first-order valence-corrected chi connectivity index (χ1v) is 4.59. The van der Waals surface area contributed by atoms with Crippen LogP contribution in [0.2, 0.25) is 0 Å². The van der Waals surface area contributed by atoms with Gasteiger partial charge in [0.05, 0.1) is 6.61 Å². The highest BCUT2D eigenvalue weighted by Crippen LogP contribution is 2.13. The topological polar surface area (TPSA) is 53.3 Å². The molecule has 15 heavy (non-hydrogen) atoms. The second kappa shape index (κ2) is 5.01. The van der Waals surface area contributed by atoms with Crippen molar-refractivity contribution in [2.75, 3.05) is 13.7 Å². The van der Waals surface area contributed by atoms with Gasteiger partial charge in [0.2, 0.25) is 0 Å². The van der Waals surface area contributed by atoms with Gasteiger partial charge < -0.3 is 9.64 Å². The summed E-state index contributed by atoms with van der Waals surface area (Å²) in [5.74, 6) is -0.575. The second-order valence-electron chi connectivity index (χ2n) is 2.96. The van der Waals surface area contributed by atoms with Crippen molar-refractivity contribution in [2.45, 2.75) is 6.92 Å². The maximum Gasteiger partial charge on any atom is 0.349 e. The molecular formula is C11H12N2O2. The lowest BCUT2D eigenvalue weighted by Crippen LogP contribution is -2.10. The van der Waals surface area contributed by atoms with E-state index in [0.29, 0.717) is 5.57 Å². The molecule has 0 saturated carbocycles. The van der Waals surface area contributed by atoms with Crippen LogP contribution in [0, 0.1) is 11.3 Å². The molecule has 0 bridgehead atoms. The van der Waals surface area contributed by atoms with Gasteiger partial charge in [-0.3, -0.25) is 0 Å². The van der Waals surface area contributed by atoms with E-state index in [1.165, 1.54) is 0 Å². The molecular weight excluding hydrogens is 192 g/mol. The number of esters is 1. The standard InChI is InChI=1S/C11H12N2O2/c1-3-15-11(14)10(8-12)9-4-6-13(2)7-5-9/h4-7H,3H2,1-2H3. The van der Waals surface area contributed by atoms with E-state index in [4.69, 9.17) is 10.00 Å². The van der Waals surface area contributed by atoms with Gasteiger partial charge in [0.1, 0.15) is 11.6 Å². The SMILES string of the molecule is CCOC(=O)C(C#N)=C1C=CN(C)C=C1. The molecule has 78 valence electrons. The lowest BCUT2D eigenvalue weighted by atomic mass is 10.1. The van der Waals surface area contributed by atoms with E-state index in [-0.39, 0.29) is 12.2 Å². The van der Waals surface area contributed by atoms with E-state index in [2.05, 4.69) is 0 Å². The van der Waals surface area contributed by atoms with Crippen LogP contribution in [0.1, 0.15) is 6.92 Å². The number of allylic oxidation sites excluding steroid dienone is 3. The van der Waals surface area contributed by atoms with Crippen LogP contribution < -0.4 is 0 Å². The molecule has 4 heteroatoms. The van der Waals surface area contributed by atoms with E-state index >= 15 is 0 Å². The van der Waals surface area contributed by atoms with Crippen molar-refractivity contribution < 1.29 is 9.53 Å². The average Bonchev–Trinajstić information content (AvgIpc) is 2.22. The minimum atomic E-state index is -0.575. The van der Waals surface area contributed by atoms with Crippen molar-refractivity contribution in [1.82, 2.24) is 4.90 Å². The van der Waals surface area contributed by atoms with Crippen LogP contribution in [0.25, 0.3) is 0 Å². The fraction of sp³-hybridized carbons (Fsp3) is 0.273. The molecule has 1 aliphatic heterocycles. The molecule has 0 aromatic carbocycles. The summed E-state index contributed by atoms with van der Waals surface area (Å²) in [5.41, 5.74) is 0.617. The zero-order valence-corrected chi connectivity index (χ0v) is 8.73. The summed E-state index contributed by atoms with van der Waals surface area (Å²) >= 11 is 0. The number of hydrogen-bond donors (Lipinski definition) is 0. The molecule has 4 nitrogen and oxygen atoms in total. The van der Waals surface area contributed by atoms with Crippen molar-refractivity contribution in [3.05, 3.63) is 35.7 Å². The highest BCUT2D eigenvalue weighted by Gasteiger charge is 2.14. The third-order valence-electron chi connectivity index (χ3n) is 1.86.